The lowest BCUT2D eigenvalue weighted by Gasteiger charge is -2.21. The van der Waals surface area contributed by atoms with Crippen molar-refractivity contribution in [3.8, 4) is 0 Å². The molecule has 0 unspecified atom stereocenters. The summed E-state index contributed by atoms with van der Waals surface area (Å²) in [5, 5.41) is 5.23. The Morgan fingerprint density at radius 2 is 1.96 bits per heavy atom. The molecule has 0 bridgehead atoms. The predicted octanol–water partition coefficient (Wildman–Crippen LogP) is 4.77. The van der Waals surface area contributed by atoms with Gasteiger partial charge in [0.25, 0.3) is 5.91 Å². The van der Waals surface area contributed by atoms with E-state index in [9.17, 15) is 4.79 Å². The van der Waals surface area contributed by atoms with Crippen molar-refractivity contribution >= 4 is 60.9 Å². The minimum absolute atomic E-state index is 0. The third-order valence-electron chi connectivity index (χ3n) is 4.22. The van der Waals surface area contributed by atoms with Crippen LogP contribution in [0.2, 0.25) is 0 Å². The van der Waals surface area contributed by atoms with Gasteiger partial charge >= 0.3 is 0 Å². The van der Waals surface area contributed by atoms with Gasteiger partial charge in [-0.15, -0.1) is 12.4 Å². The zero-order chi connectivity index (χ0) is 19.7. The standard InChI is InChI=1S/C19H24BrN5OS.ClH/c1-12(2)25-13(3)10-16(22-25)18(26)24(9-8-23(4)5)19-21-15-7-6-14(20)11-17(15)27-19;/h6-7,10-12H,8-9H2,1-5H3;1H. The molecule has 0 spiro atoms. The molecule has 0 atom stereocenters. The quantitative estimate of drug-likeness (QED) is 0.503. The third kappa shape index (κ3) is 4.92. The van der Waals surface area contributed by atoms with Crippen LogP contribution in [0, 0.1) is 6.92 Å². The summed E-state index contributed by atoms with van der Waals surface area (Å²) < 4.78 is 3.93. The van der Waals surface area contributed by atoms with Crippen molar-refractivity contribution in [1.82, 2.24) is 19.7 Å². The highest BCUT2D eigenvalue weighted by atomic mass is 79.9. The first kappa shape index (κ1) is 22.8. The summed E-state index contributed by atoms with van der Waals surface area (Å²) >= 11 is 5.02. The average molecular weight is 487 g/mol. The number of halogens is 2. The molecule has 0 N–H and O–H groups in total. The second kappa shape index (κ2) is 9.35. The van der Waals surface area contributed by atoms with Crippen LogP contribution in [-0.2, 0) is 0 Å². The Labute approximate surface area is 184 Å². The minimum atomic E-state index is -0.113. The van der Waals surface area contributed by atoms with Gasteiger partial charge < -0.3 is 4.90 Å². The van der Waals surface area contributed by atoms with Gasteiger partial charge in [0.15, 0.2) is 10.8 Å². The number of rotatable bonds is 6. The molecule has 0 saturated heterocycles. The lowest BCUT2D eigenvalue weighted by atomic mass is 10.3. The van der Waals surface area contributed by atoms with E-state index in [-0.39, 0.29) is 24.4 Å². The van der Waals surface area contributed by atoms with E-state index >= 15 is 0 Å². The predicted molar refractivity (Wildman–Crippen MR) is 122 cm³/mol. The number of likely N-dealkylation sites (N-methyl/N-ethyl adjacent to an activating group) is 1. The Morgan fingerprint density at radius 1 is 1.25 bits per heavy atom. The van der Waals surface area contributed by atoms with Crippen LogP contribution in [-0.4, -0.2) is 52.8 Å². The fourth-order valence-electron chi connectivity index (χ4n) is 2.84. The van der Waals surface area contributed by atoms with Crippen molar-refractivity contribution in [3.63, 3.8) is 0 Å². The van der Waals surface area contributed by atoms with Crippen molar-refractivity contribution in [1.29, 1.82) is 0 Å². The maximum atomic E-state index is 13.3. The molecule has 2 heterocycles. The molecule has 0 aliphatic carbocycles. The topological polar surface area (TPSA) is 54.3 Å². The Hall–Kier alpha value is -1.48. The molecule has 152 valence electrons. The van der Waals surface area contributed by atoms with Gasteiger partial charge in [-0.2, -0.15) is 5.10 Å². The summed E-state index contributed by atoms with van der Waals surface area (Å²) in [6.45, 7) is 7.39. The molecule has 0 aliphatic rings. The number of carbonyl (C=O) groups is 1. The van der Waals surface area contributed by atoms with Crippen molar-refractivity contribution in [2.24, 2.45) is 0 Å². The largest absolute Gasteiger partial charge is 0.308 e. The summed E-state index contributed by atoms with van der Waals surface area (Å²) in [5.41, 5.74) is 2.33. The van der Waals surface area contributed by atoms with Crippen molar-refractivity contribution in [2.45, 2.75) is 26.8 Å². The molecule has 0 radical (unpaired) electrons. The first-order valence-corrected chi connectivity index (χ1v) is 10.5. The van der Waals surface area contributed by atoms with Gasteiger partial charge in [-0.05, 0) is 59.1 Å². The van der Waals surface area contributed by atoms with Crippen LogP contribution < -0.4 is 4.90 Å². The number of benzene rings is 1. The fourth-order valence-corrected chi connectivity index (χ4v) is 4.38. The highest BCUT2D eigenvalue weighted by Crippen LogP contribution is 2.31. The van der Waals surface area contributed by atoms with Gasteiger partial charge in [0, 0.05) is 29.3 Å². The Bertz CT molecular complexity index is 969. The number of hydrogen-bond acceptors (Lipinski definition) is 5. The molecular formula is C19H25BrClN5OS. The van der Waals surface area contributed by atoms with Crippen LogP contribution in [0.3, 0.4) is 0 Å². The molecule has 1 aromatic carbocycles. The summed E-state index contributed by atoms with van der Waals surface area (Å²) in [6.07, 6.45) is 0. The van der Waals surface area contributed by atoms with E-state index < -0.39 is 0 Å². The Morgan fingerprint density at radius 3 is 2.57 bits per heavy atom. The molecule has 3 rings (SSSR count). The van der Waals surface area contributed by atoms with E-state index in [1.807, 2.05) is 50.0 Å². The molecule has 0 saturated carbocycles. The maximum Gasteiger partial charge on any atom is 0.280 e. The van der Waals surface area contributed by atoms with Crippen LogP contribution in [0.25, 0.3) is 10.2 Å². The lowest BCUT2D eigenvalue weighted by molar-refractivity contribution is 0.0979. The number of carbonyl (C=O) groups excluding carboxylic acids is 1. The Kier molecular flexibility index (Phi) is 7.61. The molecule has 28 heavy (non-hydrogen) atoms. The van der Waals surface area contributed by atoms with Crippen LogP contribution in [0.1, 0.15) is 36.1 Å². The molecule has 3 aromatic rings. The summed E-state index contributed by atoms with van der Waals surface area (Å²) in [4.78, 5) is 21.8. The molecular weight excluding hydrogens is 462 g/mol. The number of nitrogens with zero attached hydrogens (tertiary/aromatic N) is 5. The molecule has 0 fully saturated rings. The first-order valence-electron chi connectivity index (χ1n) is 8.85. The van der Waals surface area contributed by atoms with Crippen molar-refractivity contribution in [3.05, 3.63) is 40.1 Å². The number of aryl methyl sites for hydroxylation is 1. The third-order valence-corrected chi connectivity index (χ3v) is 5.75. The van der Waals surface area contributed by atoms with E-state index in [2.05, 4.69) is 39.8 Å². The molecule has 6 nitrogen and oxygen atoms in total. The Balaban J connectivity index is 0.00000280. The fraction of sp³-hybridized carbons (Fsp3) is 0.421. The number of anilines is 1. The van der Waals surface area contributed by atoms with Crippen LogP contribution in [0.15, 0.2) is 28.7 Å². The monoisotopic (exact) mass is 485 g/mol. The van der Waals surface area contributed by atoms with E-state index in [0.29, 0.717) is 17.4 Å². The normalized spacial score (nSPS) is 11.3. The molecule has 1 amide bonds. The maximum absolute atomic E-state index is 13.3. The summed E-state index contributed by atoms with van der Waals surface area (Å²) in [7, 11) is 3.99. The zero-order valence-electron chi connectivity index (χ0n) is 16.6. The van der Waals surface area contributed by atoms with E-state index in [4.69, 9.17) is 4.98 Å². The van der Waals surface area contributed by atoms with Gasteiger partial charge in [-0.1, -0.05) is 27.3 Å². The summed E-state index contributed by atoms with van der Waals surface area (Å²) in [6, 6.07) is 8.02. The van der Waals surface area contributed by atoms with Crippen LogP contribution in [0.4, 0.5) is 5.13 Å². The highest BCUT2D eigenvalue weighted by molar-refractivity contribution is 9.10. The van der Waals surface area contributed by atoms with Gasteiger partial charge in [0.1, 0.15) is 0 Å². The molecule has 2 aromatic heterocycles. The van der Waals surface area contributed by atoms with Crippen LogP contribution in [0.5, 0.6) is 0 Å². The van der Waals surface area contributed by atoms with Gasteiger partial charge in [-0.25, -0.2) is 4.98 Å². The van der Waals surface area contributed by atoms with E-state index in [0.717, 1.165) is 26.9 Å². The number of thiazole rings is 1. The second-order valence-electron chi connectivity index (χ2n) is 7.08. The zero-order valence-corrected chi connectivity index (χ0v) is 19.9. The van der Waals surface area contributed by atoms with Crippen molar-refractivity contribution < 1.29 is 4.79 Å². The summed E-state index contributed by atoms with van der Waals surface area (Å²) in [5.74, 6) is -0.113. The minimum Gasteiger partial charge on any atom is -0.308 e. The molecule has 0 aliphatic heterocycles. The number of hydrogen-bond donors (Lipinski definition) is 0. The number of fused-ring (bicyclic) bond motifs is 1. The lowest BCUT2D eigenvalue weighted by Crippen LogP contribution is -2.37. The first-order chi connectivity index (χ1) is 12.8. The smallest absolute Gasteiger partial charge is 0.280 e. The van der Waals surface area contributed by atoms with E-state index in [1.54, 1.807) is 4.90 Å². The second-order valence-corrected chi connectivity index (χ2v) is 9.00. The SMILES string of the molecule is Cc1cc(C(=O)N(CCN(C)C)c2nc3ccc(Br)cc3s2)nn1C(C)C.Cl. The molecule has 9 heteroatoms. The van der Waals surface area contributed by atoms with Crippen molar-refractivity contribution in [2.75, 3.05) is 32.1 Å². The van der Waals surface area contributed by atoms with E-state index in [1.165, 1.54) is 11.3 Å². The van der Waals surface area contributed by atoms with Gasteiger partial charge in [0.05, 0.1) is 10.2 Å². The van der Waals surface area contributed by atoms with Gasteiger partial charge in [-0.3, -0.25) is 14.4 Å². The van der Waals surface area contributed by atoms with Crippen LogP contribution >= 0.6 is 39.7 Å². The highest BCUT2D eigenvalue weighted by Gasteiger charge is 2.24. The average Bonchev–Trinajstić information content (AvgIpc) is 3.17. The number of aromatic nitrogens is 3. The number of amides is 1. The van der Waals surface area contributed by atoms with Gasteiger partial charge in [0.2, 0.25) is 0 Å².